The Morgan fingerprint density at radius 1 is 1.04 bits per heavy atom. The average molecular weight is 340 g/mol. The molecule has 0 saturated carbocycles. The molecule has 3 aromatic rings. The molecule has 0 aliphatic rings. The molecule has 24 heavy (non-hydrogen) atoms. The van der Waals surface area contributed by atoms with Gasteiger partial charge in [0.15, 0.2) is 0 Å². The second-order valence-corrected chi connectivity index (χ2v) is 5.59. The number of H-pyrrole nitrogens is 1. The Bertz CT molecular complexity index is 892. The number of aromatic amines is 1. The van der Waals surface area contributed by atoms with E-state index in [0.29, 0.717) is 5.02 Å². The molecule has 0 unspecified atom stereocenters. The second kappa shape index (κ2) is 7.10. The highest BCUT2D eigenvalue weighted by Crippen LogP contribution is 2.23. The number of aromatic nitrogens is 2. The van der Waals surface area contributed by atoms with E-state index >= 15 is 0 Å². The molecule has 120 valence electrons. The number of carbonyl (C=O) groups excluding carboxylic acids is 1. The molecule has 0 saturated heterocycles. The molecule has 0 radical (unpaired) electrons. The first-order chi connectivity index (χ1) is 11.6. The summed E-state index contributed by atoms with van der Waals surface area (Å²) in [5, 5.41) is 3.51. The molecule has 0 fully saturated rings. The predicted octanol–water partition coefficient (Wildman–Crippen LogP) is 2.94. The number of hydrogen-bond donors (Lipinski definition) is 2. The van der Waals surface area contributed by atoms with Crippen molar-refractivity contribution in [2.24, 2.45) is 0 Å². The normalized spacial score (nSPS) is 11.7. The van der Waals surface area contributed by atoms with Crippen molar-refractivity contribution in [2.45, 2.75) is 6.04 Å². The Kier molecular flexibility index (Phi) is 4.72. The molecular formula is C18H14ClN3O2. The highest BCUT2D eigenvalue weighted by atomic mass is 35.5. The third-order valence-corrected chi connectivity index (χ3v) is 3.83. The van der Waals surface area contributed by atoms with E-state index in [1.54, 1.807) is 30.6 Å². The van der Waals surface area contributed by atoms with Crippen molar-refractivity contribution < 1.29 is 4.79 Å². The van der Waals surface area contributed by atoms with Crippen molar-refractivity contribution in [3.05, 3.63) is 99.2 Å². The summed E-state index contributed by atoms with van der Waals surface area (Å²) in [6, 6.07) is 13.5. The second-order valence-electron chi connectivity index (χ2n) is 5.15. The first-order valence-corrected chi connectivity index (χ1v) is 7.67. The zero-order valence-electron chi connectivity index (χ0n) is 12.6. The van der Waals surface area contributed by atoms with Gasteiger partial charge in [0.05, 0.1) is 6.04 Å². The van der Waals surface area contributed by atoms with Gasteiger partial charge in [0.25, 0.3) is 11.5 Å². The number of nitrogens with zero attached hydrogens (tertiary/aromatic N) is 1. The van der Waals surface area contributed by atoms with Gasteiger partial charge < -0.3 is 10.3 Å². The van der Waals surface area contributed by atoms with Crippen LogP contribution in [0.15, 0.2) is 71.9 Å². The maximum atomic E-state index is 12.5. The van der Waals surface area contributed by atoms with Gasteiger partial charge in [-0.2, -0.15) is 0 Å². The third-order valence-electron chi connectivity index (χ3n) is 3.58. The molecule has 0 spiro atoms. The van der Waals surface area contributed by atoms with Crippen molar-refractivity contribution in [3.8, 4) is 0 Å². The molecule has 2 heterocycles. The monoisotopic (exact) mass is 339 g/mol. The standard InChI is InChI=1S/C18H14ClN3O2/c19-14-5-3-12(4-6-14)16(13-7-10-20-11-8-13)22-18(24)15-2-1-9-21-17(15)23/h1-11,16H,(H,21,23)(H,22,24)/t16-/m1/s1. The average Bonchev–Trinajstić information content (AvgIpc) is 2.61. The lowest BCUT2D eigenvalue weighted by molar-refractivity contribution is 0.0941. The molecule has 0 bridgehead atoms. The van der Waals surface area contributed by atoms with E-state index in [4.69, 9.17) is 11.6 Å². The van der Waals surface area contributed by atoms with Gasteiger partial charge in [-0.25, -0.2) is 0 Å². The lowest BCUT2D eigenvalue weighted by Crippen LogP contribution is -2.33. The van der Waals surface area contributed by atoms with Crippen molar-refractivity contribution in [1.29, 1.82) is 0 Å². The first-order valence-electron chi connectivity index (χ1n) is 7.29. The van der Waals surface area contributed by atoms with Crippen LogP contribution in [0, 0.1) is 0 Å². The van der Waals surface area contributed by atoms with Gasteiger partial charge in [0.2, 0.25) is 0 Å². The van der Waals surface area contributed by atoms with Gasteiger partial charge in [0, 0.05) is 23.6 Å². The number of amides is 1. The zero-order chi connectivity index (χ0) is 16.9. The van der Waals surface area contributed by atoms with Crippen LogP contribution < -0.4 is 10.9 Å². The van der Waals surface area contributed by atoms with Crippen LogP contribution in [-0.2, 0) is 0 Å². The first kappa shape index (κ1) is 16.0. The van der Waals surface area contributed by atoms with Crippen molar-refractivity contribution in [2.75, 3.05) is 0 Å². The molecule has 1 amide bonds. The smallest absolute Gasteiger partial charge is 0.260 e. The molecular weight excluding hydrogens is 326 g/mol. The minimum atomic E-state index is -0.450. The fraction of sp³-hybridized carbons (Fsp3) is 0.0556. The van der Waals surface area contributed by atoms with Crippen molar-refractivity contribution >= 4 is 17.5 Å². The van der Waals surface area contributed by atoms with Gasteiger partial charge in [-0.05, 0) is 47.5 Å². The number of hydrogen-bond acceptors (Lipinski definition) is 3. The van der Waals surface area contributed by atoms with Crippen molar-refractivity contribution in [1.82, 2.24) is 15.3 Å². The van der Waals surface area contributed by atoms with Gasteiger partial charge in [-0.3, -0.25) is 14.6 Å². The summed E-state index contributed by atoms with van der Waals surface area (Å²) in [6.45, 7) is 0. The summed E-state index contributed by atoms with van der Waals surface area (Å²) in [5.41, 5.74) is 1.34. The van der Waals surface area contributed by atoms with Crippen LogP contribution >= 0.6 is 11.6 Å². The lowest BCUT2D eigenvalue weighted by atomic mass is 9.99. The Morgan fingerprint density at radius 3 is 2.38 bits per heavy atom. The van der Waals surface area contributed by atoms with Crippen LogP contribution in [0.1, 0.15) is 27.5 Å². The third kappa shape index (κ3) is 3.52. The van der Waals surface area contributed by atoms with E-state index in [9.17, 15) is 9.59 Å². The molecule has 3 rings (SSSR count). The summed E-state index contributed by atoms with van der Waals surface area (Å²) >= 11 is 5.94. The van der Waals surface area contributed by atoms with Gasteiger partial charge in [-0.1, -0.05) is 23.7 Å². The molecule has 1 aromatic carbocycles. The number of benzene rings is 1. The Morgan fingerprint density at radius 2 is 1.71 bits per heavy atom. The van der Waals surface area contributed by atoms with Crippen LogP contribution in [0.3, 0.4) is 0 Å². The predicted molar refractivity (Wildman–Crippen MR) is 92.1 cm³/mol. The van der Waals surface area contributed by atoms with E-state index in [2.05, 4.69) is 15.3 Å². The number of carbonyl (C=O) groups is 1. The maximum absolute atomic E-state index is 12.5. The van der Waals surface area contributed by atoms with Gasteiger partial charge in [-0.15, -0.1) is 0 Å². The Balaban J connectivity index is 1.96. The molecule has 1 atom stereocenters. The zero-order valence-corrected chi connectivity index (χ0v) is 13.3. The fourth-order valence-corrected chi connectivity index (χ4v) is 2.51. The minimum Gasteiger partial charge on any atom is -0.341 e. The molecule has 2 aromatic heterocycles. The van der Waals surface area contributed by atoms with Crippen LogP contribution in [-0.4, -0.2) is 15.9 Å². The minimum absolute atomic E-state index is 0.0607. The van der Waals surface area contributed by atoms with Crippen LogP contribution in [0.2, 0.25) is 5.02 Å². The van der Waals surface area contributed by atoms with Gasteiger partial charge >= 0.3 is 0 Å². The highest BCUT2D eigenvalue weighted by molar-refractivity contribution is 6.30. The van der Waals surface area contributed by atoms with Crippen LogP contribution in [0.5, 0.6) is 0 Å². The quantitative estimate of drug-likeness (QED) is 0.767. The number of halogens is 1. The Hall–Kier alpha value is -2.92. The largest absolute Gasteiger partial charge is 0.341 e. The number of nitrogens with one attached hydrogen (secondary N) is 2. The van der Waals surface area contributed by atoms with E-state index in [-0.39, 0.29) is 5.56 Å². The van der Waals surface area contributed by atoms with Crippen LogP contribution in [0.25, 0.3) is 0 Å². The summed E-state index contributed by atoms with van der Waals surface area (Å²) in [4.78, 5) is 30.8. The molecule has 0 aliphatic heterocycles. The van der Waals surface area contributed by atoms with E-state index in [1.165, 1.54) is 12.3 Å². The van der Waals surface area contributed by atoms with E-state index in [1.807, 2.05) is 24.3 Å². The summed E-state index contributed by atoms with van der Waals surface area (Å²) in [5.74, 6) is -0.450. The SMILES string of the molecule is O=C(N[C@@H](c1ccncc1)c1ccc(Cl)cc1)c1ccc[nH]c1=O. The molecule has 0 aliphatic carbocycles. The molecule has 2 N–H and O–H groups in total. The summed E-state index contributed by atoms with van der Waals surface area (Å²) in [6.07, 6.45) is 4.79. The highest BCUT2D eigenvalue weighted by Gasteiger charge is 2.19. The van der Waals surface area contributed by atoms with E-state index < -0.39 is 17.5 Å². The summed E-state index contributed by atoms with van der Waals surface area (Å²) in [7, 11) is 0. The topological polar surface area (TPSA) is 74.8 Å². The number of rotatable bonds is 4. The Labute approximate surface area is 143 Å². The number of pyridine rings is 2. The fourth-order valence-electron chi connectivity index (χ4n) is 2.38. The maximum Gasteiger partial charge on any atom is 0.260 e. The summed E-state index contributed by atoms with van der Waals surface area (Å²) < 4.78 is 0. The van der Waals surface area contributed by atoms with Crippen LogP contribution in [0.4, 0.5) is 0 Å². The molecule has 5 nitrogen and oxygen atoms in total. The van der Waals surface area contributed by atoms with Crippen molar-refractivity contribution in [3.63, 3.8) is 0 Å². The van der Waals surface area contributed by atoms with Gasteiger partial charge in [0.1, 0.15) is 5.56 Å². The molecule has 6 heteroatoms. The lowest BCUT2D eigenvalue weighted by Gasteiger charge is -2.19. The van der Waals surface area contributed by atoms with E-state index in [0.717, 1.165) is 11.1 Å².